The summed E-state index contributed by atoms with van der Waals surface area (Å²) in [5.41, 5.74) is 2.67. The predicted molar refractivity (Wildman–Crippen MR) is 131 cm³/mol. The second-order valence-corrected chi connectivity index (χ2v) is 9.27. The lowest BCUT2D eigenvalue weighted by Gasteiger charge is -2.36. The number of carboxylic acid groups (broad SMARTS) is 1. The third-order valence-corrected chi connectivity index (χ3v) is 7.19. The molecule has 0 aromatic heterocycles. The van der Waals surface area contributed by atoms with Crippen LogP contribution < -0.4 is 0 Å². The Labute approximate surface area is 200 Å². The van der Waals surface area contributed by atoms with Crippen LogP contribution in [-0.2, 0) is 29.2 Å². The van der Waals surface area contributed by atoms with Gasteiger partial charge in [-0.25, -0.2) is 0 Å². The minimum Gasteiger partial charge on any atom is -0.480 e. The number of ether oxygens (including phenoxy) is 1. The molecule has 3 aromatic carbocycles. The van der Waals surface area contributed by atoms with Gasteiger partial charge in [-0.1, -0.05) is 91.0 Å². The first-order valence-corrected chi connectivity index (χ1v) is 11.8. The highest BCUT2D eigenvalue weighted by Gasteiger charge is 2.66. The maximum Gasteiger partial charge on any atom is 0.323 e. The average Bonchev–Trinajstić information content (AvgIpc) is 3.60. The van der Waals surface area contributed by atoms with Crippen molar-refractivity contribution >= 4 is 17.6 Å². The topological polar surface area (TPSA) is 49.8 Å². The third kappa shape index (κ3) is 5.47. The number of nitrogens with zero attached hydrogens (tertiary/aromatic N) is 1. The summed E-state index contributed by atoms with van der Waals surface area (Å²) < 4.78 is 6.21. The minimum absolute atomic E-state index is 0.0206. The quantitative estimate of drug-likeness (QED) is 0.368. The second kappa shape index (κ2) is 10.5. The molecule has 0 amide bonds. The fourth-order valence-electron chi connectivity index (χ4n) is 4.77. The number of rotatable bonds is 11. The van der Waals surface area contributed by atoms with E-state index in [1.165, 1.54) is 0 Å². The zero-order chi connectivity index (χ0) is 23.3. The molecule has 1 saturated carbocycles. The maximum atomic E-state index is 12.1. The van der Waals surface area contributed by atoms with Crippen molar-refractivity contribution in [2.24, 2.45) is 5.92 Å². The van der Waals surface area contributed by atoms with Crippen molar-refractivity contribution in [2.75, 3.05) is 0 Å². The van der Waals surface area contributed by atoms with Crippen LogP contribution in [0.5, 0.6) is 0 Å². The number of aliphatic carboxylic acids is 1. The molecule has 172 valence electrons. The molecule has 1 N–H and O–H groups in total. The van der Waals surface area contributed by atoms with Gasteiger partial charge in [-0.15, -0.1) is 11.6 Å². The van der Waals surface area contributed by atoms with E-state index in [9.17, 15) is 9.90 Å². The number of alkyl halides is 1. The Morgan fingerprint density at radius 2 is 1.39 bits per heavy atom. The van der Waals surface area contributed by atoms with Crippen molar-refractivity contribution in [3.05, 3.63) is 108 Å². The van der Waals surface area contributed by atoms with Crippen molar-refractivity contribution in [3.63, 3.8) is 0 Å². The highest BCUT2D eigenvalue weighted by atomic mass is 35.5. The Kier molecular flexibility index (Phi) is 7.49. The van der Waals surface area contributed by atoms with Crippen LogP contribution in [0.25, 0.3) is 0 Å². The molecule has 33 heavy (non-hydrogen) atoms. The Balaban J connectivity index is 1.60. The first-order chi connectivity index (χ1) is 16.0. The van der Waals surface area contributed by atoms with Crippen molar-refractivity contribution < 1.29 is 14.6 Å². The molecule has 4 rings (SSSR count). The number of carbonyl (C=O) groups is 1. The van der Waals surface area contributed by atoms with Crippen LogP contribution >= 0.6 is 11.6 Å². The summed E-state index contributed by atoms with van der Waals surface area (Å²) in [6.45, 7) is 3.76. The maximum absolute atomic E-state index is 12.1. The van der Waals surface area contributed by atoms with Gasteiger partial charge in [-0.3, -0.25) is 9.69 Å². The Hall–Kier alpha value is -2.66. The Morgan fingerprint density at radius 3 is 1.85 bits per heavy atom. The Morgan fingerprint density at radius 1 is 0.939 bits per heavy atom. The van der Waals surface area contributed by atoms with Crippen LogP contribution in [0.3, 0.4) is 0 Å². The highest BCUT2D eigenvalue weighted by molar-refractivity contribution is 6.31. The van der Waals surface area contributed by atoms with Gasteiger partial charge < -0.3 is 9.84 Å². The molecule has 0 bridgehead atoms. The fourth-order valence-corrected chi connectivity index (χ4v) is 5.16. The molecular weight excluding hydrogens is 434 g/mol. The van der Waals surface area contributed by atoms with E-state index in [0.717, 1.165) is 16.7 Å². The van der Waals surface area contributed by atoms with Gasteiger partial charge in [0.25, 0.3) is 0 Å². The van der Waals surface area contributed by atoms with E-state index >= 15 is 0 Å². The normalized spacial score (nSPS) is 21.5. The molecule has 4 atom stereocenters. The average molecular weight is 464 g/mol. The minimum atomic E-state index is -1.03. The number of benzene rings is 3. The highest BCUT2D eigenvalue weighted by Crippen LogP contribution is 2.56. The summed E-state index contributed by atoms with van der Waals surface area (Å²) in [6.07, 6.45) is 0.558. The van der Waals surface area contributed by atoms with Gasteiger partial charge in [-0.2, -0.15) is 0 Å². The summed E-state index contributed by atoms with van der Waals surface area (Å²) in [4.78, 5) is 14.4. The van der Waals surface area contributed by atoms with Crippen LogP contribution in [-0.4, -0.2) is 33.0 Å². The van der Waals surface area contributed by atoms with E-state index in [1.54, 1.807) is 0 Å². The molecule has 1 fully saturated rings. The van der Waals surface area contributed by atoms with E-state index in [1.807, 2.05) is 73.7 Å². The largest absolute Gasteiger partial charge is 0.480 e. The Bertz CT molecular complexity index is 989. The van der Waals surface area contributed by atoms with Crippen molar-refractivity contribution in [1.29, 1.82) is 0 Å². The molecule has 1 aliphatic carbocycles. The van der Waals surface area contributed by atoms with Crippen molar-refractivity contribution in [3.8, 4) is 0 Å². The number of hydrogen-bond acceptors (Lipinski definition) is 3. The van der Waals surface area contributed by atoms with Gasteiger partial charge in [-0.05, 0) is 30.0 Å². The van der Waals surface area contributed by atoms with Crippen LogP contribution in [0.1, 0.15) is 30.0 Å². The van der Waals surface area contributed by atoms with Crippen LogP contribution in [0.4, 0.5) is 0 Å². The number of halogens is 1. The van der Waals surface area contributed by atoms with Crippen LogP contribution in [0.2, 0.25) is 0 Å². The molecule has 4 nitrogen and oxygen atoms in total. The molecule has 0 heterocycles. The molecule has 5 heteroatoms. The molecule has 0 radical (unpaired) electrons. The SMILES string of the molecule is CC(OCc1ccccc1)C1CC1(C(Cl)C(=O)O)N(Cc1ccccc1)Cc1ccccc1. The smallest absolute Gasteiger partial charge is 0.323 e. The molecule has 3 aromatic rings. The zero-order valence-corrected chi connectivity index (χ0v) is 19.6. The summed E-state index contributed by atoms with van der Waals surface area (Å²) in [5, 5.41) is 8.92. The summed E-state index contributed by atoms with van der Waals surface area (Å²) in [6, 6.07) is 30.3. The molecule has 1 aliphatic rings. The van der Waals surface area contributed by atoms with Gasteiger partial charge in [0.2, 0.25) is 0 Å². The zero-order valence-electron chi connectivity index (χ0n) is 18.8. The molecule has 0 spiro atoms. The van der Waals surface area contributed by atoms with Gasteiger partial charge in [0.15, 0.2) is 0 Å². The predicted octanol–water partition coefficient (Wildman–Crippen LogP) is 5.74. The van der Waals surface area contributed by atoms with E-state index in [2.05, 4.69) is 29.2 Å². The number of hydrogen-bond donors (Lipinski definition) is 1. The van der Waals surface area contributed by atoms with E-state index in [0.29, 0.717) is 26.1 Å². The molecule has 0 saturated heterocycles. The first kappa shape index (κ1) is 23.5. The monoisotopic (exact) mass is 463 g/mol. The second-order valence-electron chi connectivity index (χ2n) is 8.83. The lowest BCUT2D eigenvalue weighted by molar-refractivity contribution is -0.139. The van der Waals surface area contributed by atoms with Gasteiger partial charge >= 0.3 is 5.97 Å². The molecular formula is C28H30ClNO3. The standard InChI is InChI=1S/C28H30ClNO3/c1-21(33-20-24-15-9-4-10-16-24)25-17-28(25,26(29)27(31)32)30(18-22-11-5-2-6-12-22)19-23-13-7-3-8-14-23/h2-16,21,25-26H,17-20H2,1H3,(H,31,32). The summed E-state index contributed by atoms with van der Waals surface area (Å²) in [7, 11) is 0. The van der Waals surface area contributed by atoms with Crippen LogP contribution in [0.15, 0.2) is 91.0 Å². The summed E-state index contributed by atoms with van der Waals surface area (Å²) in [5.74, 6) is -0.965. The van der Waals surface area contributed by atoms with Gasteiger partial charge in [0.1, 0.15) is 5.38 Å². The lowest BCUT2D eigenvalue weighted by atomic mass is 10.0. The third-order valence-electron chi connectivity index (χ3n) is 6.63. The van der Waals surface area contributed by atoms with Crippen molar-refractivity contribution in [2.45, 2.75) is 50.1 Å². The van der Waals surface area contributed by atoms with Crippen molar-refractivity contribution in [1.82, 2.24) is 4.90 Å². The molecule has 4 unspecified atom stereocenters. The van der Waals surface area contributed by atoms with E-state index in [-0.39, 0.29) is 12.0 Å². The van der Waals surface area contributed by atoms with E-state index < -0.39 is 16.9 Å². The van der Waals surface area contributed by atoms with Gasteiger partial charge in [0.05, 0.1) is 18.2 Å². The molecule has 0 aliphatic heterocycles. The summed E-state index contributed by atoms with van der Waals surface area (Å²) >= 11 is 6.66. The number of carboxylic acids is 1. The first-order valence-electron chi connectivity index (χ1n) is 11.4. The van der Waals surface area contributed by atoms with E-state index in [4.69, 9.17) is 16.3 Å². The fraction of sp³-hybridized carbons (Fsp3) is 0.321. The lowest BCUT2D eigenvalue weighted by Crippen LogP contribution is -2.49. The van der Waals surface area contributed by atoms with Crippen LogP contribution in [0, 0.1) is 5.92 Å². The van der Waals surface area contributed by atoms with Gasteiger partial charge in [0, 0.05) is 19.0 Å².